The lowest BCUT2D eigenvalue weighted by Crippen LogP contribution is -2.05. The van der Waals surface area contributed by atoms with E-state index in [0.717, 1.165) is 5.69 Å². The van der Waals surface area contributed by atoms with Crippen LogP contribution in [0.15, 0.2) is 30.6 Å². The number of nitrogens with two attached hydrogens (primary N) is 1. The highest BCUT2D eigenvalue weighted by Crippen LogP contribution is 2.14. The largest absolute Gasteiger partial charge is 0.397 e. The topological polar surface area (TPSA) is 101 Å². The first-order chi connectivity index (χ1) is 8.29. The van der Waals surface area contributed by atoms with Gasteiger partial charge in [0.1, 0.15) is 11.9 Å². The van der Waals surface area contributed by atoms with E-state index in [1.807, 2.05) is 12.1 Å². The Balaban J connectivity index is 2.12. The average Bonchev–Trinajstić information content (AvgIpc) is 2.38. The van der Waals surface area contributed by atoms with Gasteiger partial charge in [-0.3, -0.25) is 0 Å². The van der Waals surface area contributed by atoms with Crippen LogP contribution in [-0.2, 0) is 6.54 Å². The zero-order valence-corrected chi connectivity index (χ0v) is 8.96. The summed E-state index contributed by atoms with van der Waals surface area (Å²) in [6, 6.07) is 7.24. The minimum atomic E-state index is 0.411. The van der Waals surface area contributed by atoms with Crippen LogP contribution in [-0.4, -0.2) is 15.2 Å². The number of nitrogens with zero attached hydrogens (tertiary/aromatic N) is 4. The van der Waals surface area contributed by atoms with Gasteiger partial charge in [0.15, 0.2) is 0 Å². The maximum absolute atomic E-state index is 8.93. The SMILES string of the molecule is N#Cc1cc(N)cnc1NCc1cccnn1. The fourth-order valence-corrected chi connectivity index (χ4v) is 1.31. The number of hydrogen-bond donors (Lipinski definition) is 2. The highest BCUT2D eigenvalue weighted by Gasteiger charge is 2.04. The molecule has 2 aromatic rings. The first-order valence-electron chi connectivity index (χ1n) is 4.95. The number of nitrogen functional groups attached to an aromatic ring is 1. The van der Waals surface area contributed by atoms with Gasteiger partial charge in [0, 0.05) is 6.20 Å². The maximum atomic E-state index is 8.93. The minimum Gasteiger partial charge on any atom is -0.397 e. The van der Waals surface area contributed by atoms with E-state index in [-0.39, 0.29) is 0 Å². The van der Waals surface area contributed by atoms with Gasteiger partial charge in [-0.15, -0.1) is 0 Å². The quantitative estimate of drug-likeness (QED) is 0.807. The fraction of sp³-hybridized carbons (Fsp3) is 0.0909. The molecule has 0 bridgehead atoms. The Labute approximate surface area is 98.1 Å². The highest BCUT2D eigenvalue weighted by molar-refractivity contribution is 5.57. The van der Waals surface area contributed by atoms with Gasteiger partial charge in [0.2, 0.25) is 0 Å². The maximum Gasteiger partial charge on any atom is 0.144 e. The van der Waals surface area contributed by atoms with Crippen molar-refractivity contribution in [2.75, 3.05) is 11.1 Å². The first-order valence-corrected chi connectivity index (χ1v) is 4.95. The molecule has 0 fully saturated rings. The van der Waals surface area contributed by atoms with Crippen molar-refractivity contribution in [3.8, 4) is 6.07 Å². The third kappa shape index (κ3) is 2.66. The van der Waals surface area contributed by atoms with Crippen LogP contribution in [0.2, 0.25) is 0 Å². The molecule has 0 radical (unpaired) electrons. The van der Waals surface area contributed by atoms with Gasteiger partial charge in [-0.1, -0.05) is 0 Å². The van der Waals surface area contributed by atoms with Gasteiger partial charge in [0.25, 0.3) is 0 Å². The molecule has 0 saturated carbocycles. The lowest BCUT2D eigenvalue weighted by molar-refractivity contribution is 0.920. The third-order valence-corrected chi connectivity index (χ3v) is 2.09. The molecule has 3 N–H and O–H groups in total. The molecule has 0 spiro atoms. The summed E-state index contributed by atoms with van der Waals surface area (Å²) in [5.74, 6) is 0.493. The number of nitrogens with one attached hydrogen (secondary N) is 1. The Hall–Kier alpha value is -2.68. The molecule has 84 valence electrons. The molecule has 0 aliphatic heterocycles. The van der Waals surface area contributed by atoms with E-state index in [2.05, 4.69) is 20.5 Å². The number of anilines is 2. The van der Waals surface area contributed by atoms with Crippen LogP contribution in [0.3, 0.4) is 0 Å². The van der Waals surface area contributed by atoms with Crippen molar-refractivity contribution in [1.29, 1.82) is 5.26 Å². The second-order valence-electron chi connectivity index (χ2n) is 3.35. The second kappa shape index (κ2) is 4.90. The predicted octanol–water partition coefficient (Wildman–Crippen LogP) is 0.938. The van der Waals surface area contributed by atoms with E-state index in [1.165, 1.54) is 6.20 Å². The lowest BCUT2D eigenvalue weighted by Gasteiger charge is -2.06. The summed E-state index contributed by atoms with van der Waals surface area (Å²) in [5.41, 5.74) is 7.20. The Kier molecular flexibility index (Phi) is 3.12. The molecule has 2 heterocycles. The summed E-state index contributed by atoms with van der Waals surface area (Å²) in [5, 5.41) is 19.6. The van der Waals surface area contributed by atoms with Gasteiger partial charge < -0.3 is 11.1 Å². The normalized spacial score (nSPS) is 9.59. The Morgan fingerprint density at radius 1 is 1.47 bits per heavy atom. The second-order valence-corrected chi connectivity index (χ2v) is 3.35. The number of pyridine rings is 1. The van der Waals surface area contributed by atoms with Crippen molar-refractivity contribution in [1.82, 2.24) is 15.2 Å². The first kappa shape index (κ1) is 10.8. The molecule has 0 amide bonds. The molecular formula is C11H10N6. The van der Waals surface area contributed by atoms with Gasteiger partial charge in [-0.2, -0.15) is 15.5 Å². The monoisotopic (exact) mass is 226 g/mol. The van der Waals surface area contributed by atoms with Crippen LogP contribution in [0.1, 0.15) is 11.3 Å². The molecule has 0 aliphatic carbocycles. The zero-order valence-electron chi connectivity index (χ0n) is 8.96. The van der Waals surface area contributed by atoms with Crippen molar-refractivity contribution in [3.05, 3.63) is 41.9 Å². The van der Waals surface area contributed by atoms with E-state index in [9.17, 15) is 0 Å². The van der Waals surface area contributed by atoms with Crippen LogP contribution in [0.25, 0.3) is 0 Å². The molecule has 0 aliphatic rings. The Morgan fingerprint density at radius 3 is 3.06 bits per heavy atom. The fourth-order valence-electron chi connectivity index (χ4n) is 1.31. The smallest absolute Gasteiger partial charge is 0.144 e. The third-order valence-electron chi connectivity index (χ3n) is 2.09. The van der Waals surface area contributed by atoms with Gasteiger partial charge in [0.05, 0.1) is 29.7 Å². The average molecular weight is 226 g/mol. The highest BCUT2D eigenvalue weighted by atomic mass is 15.1. The van der Waals surface area contributed by atoms with Crippen molar-refractivity contribution < 1.29 is 0 Å². The molecule has 0 aromatic carbocycles. The van der Waals surface area contributed by atoms with E-state index >= 15 is 0 Å². The number of rotatable bonds is 3. The zero-order chi connectivity index (χ0) is 12.1. The van der Waals surface area contributed by atoms with Crippen LogP contribution < -0.4 is 11.1 Å². The lowest BCUT2D eigenvalue weighted by atomic mass is 10.2. The molecular weight excluding hydrogens is 216 g/mol. The molecule has 2 aromatic heterocycles. The molecule has 2 rings (SSSR count). The van der Waals surface area contributed by atoms with Crippen LogP contribution in [0.4, 0.5) is 11.5 Å². The molecule has 0 atom stereocenters. The van der Waals surface area contributed by atoms with Crippen LogP contribution in [0, 0.1) is 11.3 Å². The molecule has 0 unspecified atom stereocenters. The van der Waals surface area contributed by atoms with E-state index in [0.29, 0.717) is 23.6 Å². The Bertz CT molecular complexity index is 546. The predicted molar refractivity (Wildman–Crippen MR) is 62.7 cm³/mol. The van der Waals surface area contributed by atoms with Crippen LogP contribution >= 0.6 is 0 Å². The number of hydrogen-bond acceptors (Lipinski definition) is 6. The standard InChI is InChI=1S/C11H10N6/c12-5-8-4-9(13)6-14-11(8)15-7-10-2-1-3-16-17-10/h1-4,6H,7,13H2,(H,14,15). The molecule has 17 heavy (non-hydrogen) atoms. The van der Waals surface area contributed by atoms with Crippen molar-refractivity contribution in [2.24, 2.45) is 0 Å². The summed E-state index contributed by atoms with van der Waals surface area (Å²) in [6.07, 6.45) is 3.10. The van der Waals surface area contributed by atoms with Crippen molar-refractivity contribution in [2.45, 2.75) is 6.54 Å². The summed E-state index contributed by atoms with van der Waals surface area (Å²) in [6.45, 7) is 0.458. The summed E-state index contributed by atoms with van der Waals surface area (Å²) in [7, 11) is 0. The van der Waals surface area contributed by atoms with Gasteiger partial charge >= 0.3 is 0 Å². The summed E-state index contributed by atoms with van der Waals surface area (Å²) >= 11 is 0. The molecule has 6 heteroatoms. The number of nitriles is 1. The van der Waals surface area contributed by atoms with Crippen LogP contribution in [0.5, 0.6) is 0 Å². The van der Waals surface area contributed by atoms with E-state index < -0.39 is 0 Å². The minimum absolute atomic E-state index is 0.411. The van der Waals surface area contributed by atoms with Crippen molar-refractivity contribution >= 4 is 11.5 Å². The Morgan fingerprint density at radius 2 is 2.35 bits per heavy atom. The summed E-state index contributed by atoms with van der Waals surface area (Å²) < 4.78 is 0. The van der Waals surface area contributed by atoms with Gasteiger partial charge in [-0.25, -0.2) is 4.98 Å². The van der Waals surface area contributed by atoms with E-state index in [4.69, 9.17) is 11.0 Å². The molecule has 6 nitrogen and oxygen atoms in total. The van der Waals surface area contributed by atoms with E-state index in [1.54, 1.807) is 18.3 Å². The van der Waals surface area contributed by atoms with Crippen molar-refractivity contribution in [3.63, 3.8) is 0 Å². The number of aromatic nitrogens is 3. The van der Waals surface area contributed by atoms with Gasteiger partial charge in [-0.05, 0) is 18.2 Å². The summed E-state index contributed by atoms with van der Waals surface area (Å²) in [4.78, 5) is 4.06. The molecule has 0 saturated heterocycles.